The average molecular weight is 451 g/mol. The van der Waals surface area contributed by atoms with Gasteiger partial charge in [0.15, 0.2) is 4.80 Å². The summed E-state index contributed by atoms with van der Waals surface area (Å²) in [5, 5.41) is 9.75. The summed E-state index contributed by atoms with van der Waals surface area (Å²) in [4.78, 5) is 31.4. The number of aromatic hydroxyl groups is 1. The van der Waals surface area contributed by atoms with Crippen molar-refractivity contribution in [3.63, 3.8) is 0 Å². The third-order valence-electron chi connectivity index (χ3n) is 5.12. The van der Waals surface area contributed by atoms with Crippen LogP contribution in [-0.4, -0.2) is 29.4 Å². The average Bonchev–Trinajstić information content (AvgIpc) is 3.07. The summed E-state index contributed by atoms with van der Waals surface area (Å²) in [5.74, 6) is 0.281. The number of hydrogen-bond acceptors (Lipinski definition) is 7. The highest BCUT2D eigenvalue weighted by Crippen LogP contribution is 2.31. The molecule has 164 valence electrons. The fourth-order valence-electron chi connectivity index (χ4n) is 3.66. The first-order valence-corrected chi connectivity index (χ1v) is 10.9. The number of hydrogen-bond donors (Lipinski definition) is 1. The fourth-order valence-corrected chi connectivity index (χ4v) is 4.71. The highest BCUT2D eigenvalue weighted by molar-refractivity contribution is 7.07. The maximum Gasteiger partial charge on any atom is 0.338 e. The van der Waals surface area contributed by atoms with Crippen LogP contribution in [-0.2, 0) is 9.53 Å². The molecule has 0 amide bonds. The molecule has 32 heavy (non-hydrogen) atoms. The molecule has 1 atom stereocenters. The molecule has 1 aromatic heterocycles. The topological polar surface area (TPSA) is 90.1 Å². The quantitative estimate of drug-likeness (QED) is 0.604. The zero-order valence-electron chi connectivity index (χ0n) is 17.9. The number of esters is 1. The fraction of sp³-hybridized carbons (Fsp3) is 0.208. The van der Waals surface area contributed by atoms with Gasteiger partial charge in [-0.25, -0.2) is 9.79 Å². The van der Waals surface area contributed by atoms with Crippen LogP contribution in [0.4, 0.5) is 0 Å². The SMILES string of the molecule is CCOC(=O)C1=C(C)N=c2s/c(=C\c3cccc(O)c3)c(=O)n2C1c1ccc(OC)cc1. The summed E-state index contributed by atoms with van der Waals surface area (Å²) in [6.45, 7) is 3.70. The van der Waals surface area contributed by atoms with Crippen molar-refractivity contribution < 1.29 is 19.4 Å². The Hall–Kier alpha value is -3.65. The molecule has 3 aromatic rings. The van der Waals surface area contributed by atoms with Gasteiger partial charge in [0.1, 0.15) is 11.5 Å². The van der Waals surface area contributed by atoms with Crippen molar-refractivity contribution >= 4 is 23.4 Å². The van der Waals surface area contributed by atoms with Gasteiger partial charge in [-0.3, -0.25) is 9.36 Å². The number of carbonyl (C=O) groups is 1. The molecule has 7 nitrogen and oxygen atoms in total. The Morgan fingerprint density at radius 2 is 2.00 bits per heavy atom. The van der Waals surface area contributed by atoms with E-state index in [9.17, 15) is 14.7 Å². The minimum Gasteiger partial charge on any atom is -0.508 e. The van der Waals surface area contributed by atoms with Gasteiger partial charge in [-0.1, -0.05) is 35.6 Å². The second-order valence-corrected chi connectivity index (χ2v) is 8.18. The first-order valence-electron chi connectivity index (χ1n) is 10.1. The van der Waals surface area contributed by atoms with E-state index < -0.39 is 12.0 Å². The molecule has 1 aliphatic heterocycles. The van der Waals surface area contributed by atoms with Crippen LogP contribution in [0, 0.1) is 0 Å². The molecule has 2 aromatic carbocycles. The first-order chi connectivity index (χ1) is 15.4. The molecule has 0 fully saturated rings. The van der Waals surface area contributed by atoms with Crippen LogP contribution in [0.5, 0.6) is 11.5 Å². The largest absolute Gasteiger partial charge is 0.508 e. The summed E-state index contributed by atoms with van der Waals surface area (Å²) < 4.78 is 12.5. The van der Waals surface area contributed by atoms with E-state index in [1.807, 2.05) is 12.1 Å². The lowest BCUT2D eigenvalue weighted by Gasteiger charge is -2.24. The number of rotatable bonds is 5. The van der Waals surface area contributed by atoms with Crippen molar-refractivity contribution in [3.8, 4) is 11.5 Å². The van der Waals surface area contributed by atoms with Crippen molar-refractivity contribution in [2.45, 2.75) is 19.9 Å². The molecule has 1 aliphatic rings. The van der Waals surface area contributed by atoms with Gasteiger partial charge >= 0.3 is 5.97 Å². The lowest BCUT2D eigenvalue weighted by molar-refractivity contribution is -0.139. The van der Waals surface area contributed by atoms with Crippen molar-refractivity contribution in [1.82, 2.24) is 4.57 Å². The van der Waals surface area contributed by atoms with Crippen molar-refractivity contribution in [2.24, 2.45) is 4.99 Å². The van der Waals surface area contributed by atoms with E-state index in [1.165, 1.54) is 15.9 Å². The van der Waals surface area contributed by atoms with Crippen LogP contribution in [0.15, 0.2) is 69.6 Å². The van der Waals surface area contributed by atoms with Crippen LogP contribution in [0.2, 0.25) is 0 Å². The number of phenols is 1. The maximum atomic E-state index is 13.5. The minimum absolute atomic E-state index is 0.114. The molecule has 0 aliphatic carbocycles. The van der Waals surface area contributed by atoms with Crippen LogP contribution in [0.3, 0.4) is 0 Å². The molecule has 8 heteroatoms. The van der Waals surface area contributed by atoms with E-state index in [0.29, 0.717) is 31.9 Å². The van der Waals surface area contributed by atoms with Crippen LogP contribution < -0.4 is 19.6 Å². The zero-order chi connectivity index (χ0) is 22.8. The van der Waals surface area contributed by atoms with Crippen molar-refractivity contribution in [3.05, 3.63) is 90.6 Å². The second-order valence-electron chi connectivity index (χ2n) is 7.17. The normalized spacial score (nSPS) is 15.8. The van der Waals surface area contributed by atoms with Gasteiger partial charge in [0.25, 0.3) is 5.56 Å². The van der Waals surface area contributed by atoms with E-state index in [1.54, 1.807) is 63.4 Å². The Bertz CT molecular complexity index is 1380. The molecular formula is C24H22N2O5S. The number of ether oxygens (including phenoxy) is 2. The summed E-state index contributed by atoms with van der Waals surface area (Å²) in [7, 11) is 1.58. The molecule has 1 N–H and O–H groups in total. The second kappa shape index (κ2) is 8.84. The highest BCUT2D eigenvalue weighted by atomic mass is 32.1. The standard InChI is InChI=1S/C24H22N2O5S/c1-4-31-23(29)20-14(2)25-24-26(21(20)16-8-10-18(30-3)11-9-16)22(28)19(32-24)13-15-6-5-7-17(27)12-15/h5-13,21,27H,4H2,1-3H3/b19-13-. The molecule has 1 unspecified atom stereocenters. The smallest absolute Gasteiger partial charge is 0.338 e. The van der Waals surface area contributed by atoms with Gasteiger partial charge in [0.05, 0.1) is 35.6 Å². The number of nitrogens with zero attached hydrogens (tertiary/aromatic N) is 2. The molecule has 0 saturated heterocycles. The molecule has 0 saturated carbocycles. The van der Waals surface area contributed by atoms with Crippen LogP contribution in [0.1, 0.15) is 31.0 Å². The number of aromatic nitrogens is 1. The first kappa shape index (κ1) is 21.6. The van der Waals surface area contributed by atoms with Crippen LogP contribution in [0.25, 0.3) is 6.08 Å². The number of phenolic OH excluding ortho intramolecular Hbond substituents is 1. The van der Waals surface area contributed by atoms with Crippen molar-refractivity contribution in [2.75, 3.05) is 13.7 Å². The number of allylic oxidation sites excluding steroid dienone is 1. The molecular weight excluding hydrogens is 428 g/mol. The number of carbonyl (C=O) groups excluding carboxylic acids is 1. The molecule has 0 radical (unpaired) electrons. The van der Waals surface area contributed by atoms with E-state index >= 15 is 0 Å². The Balaban J connectivity index is 1.94. The lowest BCUT2D eigenvalue weighted by Crippen LogP contribution is -2.39. The molecule has 4 rings (SSSR count). The van der Waals surface area contributed by atoms with Gasteiger partial charge in [0, 0.05) is 0 Å². The highest BCUT2D eigenvalue weighted by Gasteiger charge is 2.33. The Morgan fingerprint density at radius 3 is 2.66 bits per heavy atom. The molecule has 0 bridgehead atoms. The Morgan fingerprint density at radius 1 is 1.25 bits per heavy atom. The van der Waals surface area contributed by atoms with Gasteiger partial charge in [-0.15, -0.1) is 0 Å². The summed E-state index contributed by atoms with van der Waals surface area (Å²) in [5.41, 5.74) is 2.00. The van der Waals surface area contributed by atoms with E-state index in [2.05, 4.69) is 4.99 Å². The van der Waals surface area contributed by atoms with Crippen LogP contribution >= 0.6 is 11.3 Å². The minimum atomic E-state index is -0.678. The monoisotopic (exact) mass is 450 g/mol. The van der Waals surface area contributed by atoms with Crippen molar-refractivity contribution in [1.29, 1.82) is 0 Å². The molecule has 0 spiro atoms. The lowest BCUT2D eigenvalue weighted by atomic mass is 9.96. The third-order valence-corrected chi connectivity index (χ3v) is 6.10. The maximum absolute atomic E-state index is 13.5. The summed E-state index contributed by atoms with van der Waals surface area (Å²) in [6.07, 6.45) is 1.71. The summed E-state index contributed by atoms with van der Waals surface area (Å²) >= 11 is 1.24. The third kappa shape index (κ3) is 3.97. The number of methoxy groups -OCH3 is 1. The van der Waals surface area contributed by atoms with E-state index in [0.717, 1.165) is 5.56 Å². The predicted octanol–water partition coefficient (Wildman–Crippen LogP) is 2.51. The molecule has 2 heterocycles. The summed E-state index contributed by atoms with van der Waals surface area (Å²) in [6, 6.07) is 13.2. The van der Waals surface area contributed by atoms with Gasteiger partial charge in [-0.2, -0.15) is 0 Å². The number of benzene rings is 2. The van der Waals surface area contributed by atoms with Gasteiger partial charge in [-0.05, 0) is 55.3 Å². The zero-order valence-corrected chi connectivity index (χ0v) is 18.7. The Labute approximate surface area is 188 Å². The predicted molar refractivity (Wildman–Crippen MR) is 121 cm³/mol. The Kier molecular flexibility index (Phi) is 5.96. The van der Waals surface area contributed by atoms with E-state index in [-0.39, 0.29) is 17.9 Å². The van der Waals surface area contributed by atoms with E-state index in [4.69, 9.17) is 9.47 Å². The van der Waals surface area contributed by atoms with Gasteiger partial charge < -0.3 is 14.6 Å². The number of thiazole rings is 1. The number of fused-ring (bicyclic) bond motifs is 1. The van der Waals surface area contributed by atoms with Gasteiger partial charge in [0.2, 0.25) is 0 Å².